The molecule has 18 heavy (non-hydrogen) atoms. The number of aromatic nitrogens is 1. The van der Waals surface area contributed by atoms with Crippen molar-refractivity contribution in [3.05, 3.63) is 23.5 Å². The largest absolute Gasteiger partial charge is 0.309 e. The Labute approximate surface area is 111 Å². The van der Waals surface area contributed by atoms with Crippen molar-refractivity contribution in [3.8, 4) is 0 Å². The lowest BCUT2D eigenvalue weighted by Gasteiger charge is -2.13. The Balaban J connectivity index is 2.92. The SMILES string of the molecule is CCC(NC)C(=O)NS(=O)(=O)c1cncc(Cl)c1. The molecule has 8 heteroatoms. The normalized spacial score (nSPS) is 13.1. The Bertz CT molecular complexity index is 529. The number of hydrogen-bond acceptors (Lipinski definition) is 5. The molecule has 0 bridgehead atoms. The number of amides is 1. The molecule has 1 heterocycles. The minimum absolute atomic E-state index is 0.144. The van der Waals surface area contributed by atoms with Crippen LogP contribution in [0.1, 0.15) is 13.3 Å². The van der Waals surface area contributed by atoms with Crippen LogP contribution in [0.15, 0.2) is 23.4 Å². The Morgan fingerprint density at radius 2 is 2.17 bits per heavy atom. The number of nitrogens with zero attached hydrogens (tertiary/aromatic N) is 1. The Hall–Kier alpha value is -1.18. The molecule has 0 saturated carbocycles. The number of rotatable bonds is 5. The van der Waals surface area contributed by atoms with Crippen LogP contribution in [0.3, 0.4) is 0 Å². The van der Waals surface area contributed by atoms with Crippen LogP contribution in [-0.2, 0) is 14.8 Å². The number of carbonyl (C=O) groups excluding carboxylic acids is 1. The number of likely N-dealkylation sites (N-methyl/N-ethyl adjacent to an activating group) is 1. The third-order valence-corrected chi connectivity index (χ3v) is 3.82. The summed E-state index contributed by atoms with van der Waals surface area (Å²) in [6, 6.07) is 0.664. The number of carbonyl (C=O) groups is 1. The van der Waals surface area contributed by atoms with Crippen LogP contribution < -0.4 is 10.0 Å². The van der Waals surface area contributed by atoms with Crippen molar-refractivity contribution in [2.24, 2.45) is 0 Å². The summed E-state index contributed by atoms with van der Waals surface area (Å²) in [7, 11) is -2.35. The molecule has 6 nitrogen and oxygen atoms in total. The van der Waals surface area contributed by atoms with E-state index in [1.165, 1.54) is 12.3 Å². The van der Waals surface area contributed by atoms with E-state index in [9.17, 15) is 13.2 Å². The first-order valence-electron chi connectivity index (χ1n) is 5.25. The van der Waals surface area contributed by atoms with Gasteiger partial charge in [0.05, 0.1) is 11.1 Å². The minimum atomic E-state index is -3.93. The van der Waals surface area contributed by atoms with E-state index in [1.54, 1.807) is 14.0 Å². The third kappa shape index (κ3) is 3.66. The number of nitrogens with one attached hydrogen (secondary N) is 2. The highest BCUT2D eigenvalue weighted by Gasteiger charge is 2.22. The van der Waals surface area contributed by atoms with E-state index < -0.39 is 22.0 Å². The second-order valence-corrected chi connectivity index (χ2v) is 5.68. The first-order chi connectivity index (χ1) is 8.40. The highest BCUT2D eigenvalue weighted by Crippen LogP contribution is 2.13. The van der Waals surface area contributed by atoms with Crippen LogP contribution in [0.5, 0.6) is 0 Å². The van der Waals surface area contributed by atoms with Gasteiger partial charge in [0, 0.05) is 12.4 Å². The number of hydrogen-bond donors (Lipinski definition) is 2. The van der Waals surface area contributed by atoms with Gasteiger partial charge in [0.15, 0.2) is 0 Å². The minimum Gasteiger partial charge on any atom is -0.309 e. The van der Waals surface area contributed by atoms with E-state index in [0.29, 0.717) is 6.42 Å². The van der Waals surface area contributed by atoms with Gasteiger partial charge in [-0.15, -0.1) is 0 Å². The molecule has 0 aliphatic heterocycles. The Morgan fingerprint density at radius 1 is 1.50 bits per heavy atom. The fourth-order valence-corrected chi connectivity index (χ4v) is 2.57. The van der Waals surface area contributed by atoms with Gasteiger partial charge in [0.2, 0.25) is 0 Å². The van der Waals surface area contributed by atoms with Crippen molar-refractivity contribution in [2.45, 2.75) is 24.3 Å². The highest BCUT2D eigenvalue weighted by molar-refractivity contribution is 7.90. The molecule has 0 aliphatic carbocycles. The Kier molecular flexibility index (Phi) is 5.06. The van der Waals surface area contributed by atoms with E-state index in [-0.39, 0.29) is 9.92 Å². The molecule has 0 aromatic carbocycles. The van der Waals surface area contributed by atoms with Gasteiger partial charge in [-0.05, 0) is 19.5 Å². The molecule has 0 aliphatic rings. The molecule has 2 N–H and O–H groups in total. The highest BCUT2D eigenvalue weighted by atomic mass is 35.5. The zero-order valence-corrected chi connectivity index (χ0v) is 11.5. The summed E-state index contributed by atoms with van der Waals surface area (Å²) < 4.78 is 25.7. The molecule has 1 aromatic heterocycles. The van der Waals surface area contributed by atoms with Gasteiger partial charge >= 0.3 is 0 Å². The lowest BCUT2D eigenvalue weighted by atomic mass is 10.2. The molecular formula is C10H14ClN3O3S. The van der Waals surface area contributed by atoms with Gasteiger partial charge in [-0.1, -0.05) is 18.5 Å². The topological polar surface area (TPSA) is 88.2 Å². The molecular weight excluding hydrogens is 278 g/mol. The van der Waals surface area contributed by atoms with E-state index >= 15 is 0 Å². The lowest BCUT2D eigenvalue weighted by Crippen LogP contribution is -2.44. The first kappa shape index (κ1) is 14.9. The molecule has 0 spiro atoms. The monoisotopic (exact) mass is 291 g/mol. The summed E-state index contributed by atoms with van der Waals surface area (Å²) in [5, 5.41) is 2.90. The zero-order chi connectivity index (χ0) is 13.8. The summed E-state index contributed by atoms with van der Waals surface area (Å²) in [6.07, 6.45) is 2.91. The van der Waals surface area contributed by atoms with Crippen LogP contribution in [0.2, 0.25) is 5.02 Å². The van der Waals surface area contributed by atoms with Gasteiger partial charge in [-0.3, -0.25) is 9.78 Å². The zero-order valence-electron chi connectivity index (χ0n) is 9.97. The molecule has 0 fully saturated rings. The van der Waals surface area contributed by atoms with Gasteiger partial charge in [0.25, 0.3) is 15.9 Å². The smallest absolute Gasteiger partial charge is 0.265 e. The van der Waals surface area contributed by atoms with Gasteiger partial charge in [-0.25, -0.2) is 13.1 Å². The number of pyridine rings is 1. The summed E-state index contributed by atoms with van der Waals surface area (Å²) in [6.45, 7) is 1.77. The molecule has 1 unspecified atom stereocenters. The standard InChI is InChI=1S/C10H14ClN3O3S/c1-3-9(12-2)10(15)14-18(16,17)8-4-7(11)5-13-6-8/h4-6,9,12H,3H2,1-2H3,(H,14,15). The van der Waals surface area contributed by atoms with Crippen molar-refractivity contribution in [1.29, 1.82) is 0 Å². The Morgan fingerprint density at radius 3 is 2.67 bits per heavy atom. The summed E-state index contributed by atoms with van der Waals surface area (Å²) >= 11 is 5.65. The van der Waals surface area contributed by atoms with Crippen LogP contribution >= 0.6 is 11.6 Å². The van der Waals surface area contributed by atoms with Crippen molar-refractivity contribution < 1.29 is 13.2 Å². The quantitative estimate of drug-likeness (QED) is 0.826. The molecule has 1 aromatic rings. The molecule has 0 saturated heterocycles. The van der Waals surface area contributed by atoms with Crippen molar-refractivity contribution in [1.82, 2.24) is 15.0 Å². The predicted molar refractivity (Wildman–Crippen MR) is 67.7 cm³/mol. The average Bonchev–Trinajstić information content (AvgIpc) is 2.30. The molecule has 0 radical (unpaired) electrons. The van der Waals surface area contributed by atoms with Crippen molar-refractivity contribution in [2.75, 3.05) is 7.05 Å². The van der Waals surface area contributed by atoms with E-state index in [2.05, 4.69) is 10.3 Å². The second-order valence-electron chi connectivity index (χ2n) is 3.56. The van der Waals surface area contributed by atoms with E-state index in [0.717, 1.165) is 6.20 Å². The molecule has 1 rings (SSSR count). The first-order valence-corrected chi connectivity index (χ1v) is 7.11. The van der Waals surface area contributed by atoms with E-state index in [4.69, 9.17) is 11.6 Å². The van der Waals surface area contributed by atoms with Gasteiger partial charge < -0.3 is 5.32 Å². The van der Waals surface area contributed by atoms with Crippen LogP contribution in [0.25, 0.3) is 0 Å². The van der Waals surface area contributed by atoms with Crippen LogP contribution in [-0.4, -0.2) is 32.4 Å². The lowest BCUT2D eigenvalue weighted by molar-refractivity contribution is -0.121. The fraction of sp³-hybridized carbons (Fsp3) is 0.400. The summed E-state index contributed by atoms with van der Waals surface area (Å²) in [5.74, 6) is -0.611. The third-order valence-electron chi connectivity index (χ3n) is 2.30. The van der Waals surface area contributed by atoms with Crippen LogP contribution in [0.4, 0.5) is 0 Å². The van der Waals surface area contributed by atoms with E-state index in [1.807, 2.05) is 4.72 Å². The summed E-state index contributed by atoms with van der Waals surface area (Å²) in [5.41, 5.74) is 0. The van der Waals surface area contributed by atoms with Crippen LogP contribution in [0, 0.1) is 0 Å². The average molecular weight is 292 g/mol. The maximum atomic E-state index is 11.9. The molecule has 100 valence electrons. The predicted octanol–water partition coefficient (Wildman–Crippen LogP) is 0.538. The maximum absolute atomic E-state index is 11.9. The molecule has 1 atom stereocenters. The number of halogens is 1. The fourth-order valence-electron chi connectivity index (χ4n) is 1.32. The van der Waals surface area contributed by atoms with Crippen molar-refractivity contribution >= 4 is 27.5 Å². The second kappa shape index (κ2) is 6.12. The maximum Gasteiger partial charge on any atom is 0.265 e. The molecule has 1 amide bonds. The van der Waals surface area contributed by atoms with Gasteiger partial charge in [0.1, 0.15) is 4.90 Å². The van der Waals surface area contributed by atoms with Crippen molar-refractivity contribution in [3.63, 3.8) is 0 Å². The number of sulfonamides is 1. The summed E-state index contributed by atoms with van der Waals surface area (Å²) in [4.78, 5) is 15.2. The van der Waals surface area contributed by atoms with Gasteiger partial charge in [-0.2, -0.15) is 0 Å².